The summed E-state index contributed by atoms with van der Waals surface area (Å²) in [6, 6.07) is 16.9. The normalized spacial score (nSPS) is 10.7. The summed E-state index contributed by atoms with van der Waals surface area (Å²) in [7, 11) is 0. The summed E-state index contributed by atoms with van der Waals surface area (Å²) in [5, 5.41) is 2.42. The maximum absolute atomic E-state index is 14.5. The molecule has 0 bridgehead atoms. The maximum Gasteiger partial charge on any atom is 0.412 e. The third-order valence-electron chi connectivity index (χ3n) is 6.91. The van der Waals surface area contributed by atoms with Crippen molar-refractivity contribution in [2.75, 3.05) is 11.1 Å². The van der Waals surface area contributed by atoms with Gasteiger partial charge in [-0.15, -0.1) is 9.97 Å². The van der Waals surface area contributed by atoms with Gasteiger partial charge in [-0.05, 0) is 81.4 Å². The predicted octanol–water partition coefficient (Wildman–Crippen LogP) is 8.03. The van der Waals surface area contributed by atoms with Gasteiger partial charge in [0.1, 0.15) is 28.3 Å². The second-order valence-electron chi connectivity index (χ2n) is 11.8. The number of carbonyl (C=O) groups excluding carboxylic acids is 3. The molecule has 2 heterocycles. The summed E-state index contributed by atoms with van der Waals surface area (Å²) in [6.07, 6.45) is 1.98. The van der Waals surface area contributed by atoms with Crippen LogP contribution >= 0.6 is 0 Å². The van der Waals surface area contributed by atoms with Crippen molar-refractivity contribution in [3.8, 4) is 0 Å². The van der Waals surface area contributed by atoms with Gasteiger partial charge >= 0.3 is 6.09 Å². The molecule has 0 fully saturated rings. The van der Waals surface area contributed by atoms with Gasteiger partial charge in [0.05, 0.1) is 23.5 Å². The Morgan fingerprint density at radius 1 is 0.706 bits per heavy atom. The highest BCUT2D eigenvalue weighted by Crippen LogP contribution is 2.23. The number of aromatic nitrogens is 4. The van der Waals surface area contributed by atoms with Crippen LogP contribution in [-0.4, -0.2) is 43.2 Å². The summed E-state index contributed by atoms with van der Waals surface area (Å²) in [5.74, 6) is -2.25. The van der Waals surface area contributed by atoms with Gasteiger partial charge in [-0.3, -0.25) is 24.9 Å². The van der Waals surface area contributed by atoms with Crippen LogP contribution < -0.4 is 11.1 Å². The van der Waals surface area contributed by atoms with Crippen LogP contribution in [0.25, 0.3) is 31.8 Å². The van der Waals surface area contributed by atoms with Gasteiger partial charge in [0.15, 0.2) is 22.6 Å². The molecule has 252 valence electrons. The lowest BCUT2D eigenvalue weighted by atomic mass is 10.0. The average Bonchev–Trinajstić information content (AvgIpc) is 3.09. The molecule has 0 aliphatic carbocycles. The van der Waals surface area contributed by atoms with E-state index in [2.05, 4.69) is 34.9 Å². The smallest absolute Gasteiger partial charge is 0.412 e. The number of carbonyl (C=O) groups is 3. The number of amides is 1. The van der Waals surface area contributed by atoms with Gasteiger partial charge in [0, 0.05) is 34.6 Å². The summed E-state index contributed by atoms with van der Waals surface area (Å²) >= 11 is 0. The number of ether oxygens (including phenoxy) is 1. The quantitative estimate of drug-likeness (QED) is 0.104. The van der Waals surface area contributed by atoms with Crippen molar-refractivity contribution in [2.45, 2.75) is 26.4 Å². The van der Waals surface area contributed by atoms with E-state index in [9.17, 15) is 23.2 Å². The molecule has 51 heavy (non-hydrogen) atoms. The highest BCUT2D eigenvalue weighted by Gasteiger charge is 2.20. The van der Waals surface area contributed by atoms with Gasteiger partial charge in [0.2, 0.25) is 0 Å². The Labute approximate surface area is 289 Å². The van der Waals surface area contributed by atoms with Crippen LogP contribution in [0.4, 0.5) is 36.6 Å². The number of ketones is 2. The number of benzene rings is 4. The van der Waals surface area contributed by atoms with Gasteiger partial charge < -0.3 is 20.2 Å². The van der Waals surface area contributed by atoms with Crippen molar-refractivity contribution in [3.05, 3.63) is 142 Å². The summed E-state index contributed by atoms with van der Waals surface area (Å²) in [6.45, 7) is 19.1. The molecule has 0 saturated heterocycles. The number of hydrogen-bond acceptors (Lipinski definition) is 9. The highest BCUT2D eigenvalue weighted by molar-refractivity contribution is 6.11. The molecule has 0 aliphatic heterocycles. The van der Waals surface area contributed by atoms with E-state index in [0.717, 1.165) is 12.1 Å². The van der Waals surface area contributed by atoms with Crippen molar-refractivity contribution in [3.63, 3.8) is 0 Å². The summed E-state index contributed by atoms with van der Waals surface area (Å²) in [4.78, 5) is 59.7. The fourth-order valence-electron chi connectivity index (χ4n) is 4.62. The molecule has 0 saturated carbocycles. The average molecular weight is 685 g/mol. The molecular formula is C37H26F2N8O4. The fraction of sp³-hybridized carbons (Fsp3) is 0.108. The van der Waals surface area contributed by atoms with Gasteiger partial charge in [-0.25, -0.2) is 13.6 Å². The van der Waals surface area contributed by atoms with Crippen LogP contribution in [0.2, 0.25) is 0 Å². The summed E-state index contributed by atoms with van der Waals surface area (Å²) in [5.41, 5.74) is 7.31. The Bertz CT molecular complexity index is 2450. The van der Waals surface area contributed by atoms with Crippen molar-refractivity contribution >= 4 is 62.7 Å². The van der Waals surface area contributed by atoms with Crippen molar-refractivity contribution in [1.82, 2.24) is 19.9 Å². The molecule has 14 heteroatoms. The predicted molar refractivity (Wildman–Crippen MR) is 186 cm³/mol. The Kier molecular flexibility index (Phi) is 10.00. The van der Waals surface area contributed by atoms with Gasteiger partial charge in [-0.1, -0.05) is 13.1 Å². The van der Waals surface area contributed by atoms with Crippen molar-refractivity contribution in [1.29, 1.82) is 0 Å². The topological polar surface area (TPSA) is 159 Å². The number of nitrogen functional groups attached to an aromatic ring is 1. The molecule has 2 aromatic heterocycles. The molecule has 0 atom stereocenters. The summed E-state index contributed by atoms with van der Waals surface area (Å²) < 4.78 is 33.5. The van der Waals surface area contributed by atoms with Crippen LogP contribution in [0.15, 0.2) is 85.2 Å². The van der Waals surface area contributed by atoms with E-state index in [-0.39, 0.29) is 45.3 Å². The van der Waals surface area contributed by atoms with Crippen molar-refractivity contribution < 1.29 is 27.9 Å². The van der Waals surface area contributed by atoms with Crippen molar-refractivity contribution in [2.24, 2.45) is 0 Å². The number of fused-ring (bicyclic) bond motifs is 2. The monoisotopic (exact) mass is 684 g/mol. The molecule has 6 rings (SSSR count). The number of anilines is 2. The number of halogens is 2. The number of nitrogens with one attached hydrogen (secondary N) is 1. The van der Waals surface area contributed by atoms with E-state index in [0.29, 0.717) is 22.1 Å². The molecule has 12 nitrogen and oxygen atoms in total. The van der Waals surface area contributed by atoms with Gasteiger partial charge in [0.25, 0.3) is 11.6 Å². The zero-order valence-electron chi connectivity index (χ0n) is 27.2. The molecule has 4 aromatic carbocycles. The number of nitrogens with two attached hydrogens (primary N) is 1. The minimum Gasteiger partial charge on any atom is -0.444 e. The third kappa shape index (κ3) is 8.46. The molecule has 3 N–H and O–H groups in total. The first-order valence-electron chi connectivity index (χ1n) is 15.0. The second kappa shape index (κ2) is 14.5. The minimum absolute atomic E-state index is 0.0668. The largest absolute Gasteiger partial charge is 0.444 e. The first-order chi connectivity index (χ1) is 24.2. The Balaban J connectivity index is 0.000000205. The van der Waals surface area contributed by atoms with Gasteiger partial charge in [-0.2, -0.15) is 0 Å². The van der Waals surface area contributed by atoms with E-state index in [1.54, 1.807) is 39.0 Å². The van der Waals surface area contributed by atoms with Crippen LogP contribution in [0.1, 0.15) is 52.6 Å². The Morgan fingerprint density at radius 2 is 1.20 bits per heavy atom. The van der Waals surface area contributed by atoms with Crippen LogP contribution in [0, 0.1) is 24.8 Å². The number of rotatable bonds is 5. The SMILES string of the molecule is [C-]#[N+]c1cnc2ccc(C(=O)c3ccc(N)cc3F)cc2n1.[C-]#[N+]c1cnc2ccc(C(=O)c3ccc(NC(=O)OC(C)(C)C)cc3F)cc2n1. The lowest BCUT2D eigenvalue weighted by Crippen LogP contribution is -2.27. The number of nitrogens with zero attached hydrogens (tertiary/aromatic N) is 6. The lowest BCUT2D eigenvalue weighted by molar-refractivity contribution is 0.0635. The molecular weight excluding hydrogens is 658 g/mol. The van der Waals surface area contributed by atoms with Crippen LogP contribution in [0.3, 0.4) is 0 Å². The molecule has 0 unspecified atom stereocenters. The molecule has 0 spiro atoms. The van der Waals surface area contributed by atoms with E-state index in [1.807, 2.05) is 0 Å². The minimum atomic E-state index is -0.787. The highest BCUT2D eigenvalue weighted by atomic mass is 19.1. The molecule has 0 radical (unpaired) electrons. The maximum atomic E-state index is 14.5. The molecule has 6 aromatic rings. The lowest BCUT2D eigenvalue weighted by Gasteiger charge is -2.19. The second-order valence-corrected chi connectivity index (χ2v) is 11.8. The molecule has 0 aliphatic rings. The molecule has 1 amide bonds. The first kappa shape index (κ1) is 35.1. The first-order valence-corrected chi connectivity index (χ1v) is 15.0. The Morgan fingerprint density at radius 3 is 1.65 bits per heavy atom. The fourth-order valence-corrected chi connectivity index (χ4v) is 4.62. The zero-order chi connectivity index (χ0) is 36.9. The van der Waals surface area contributed by atoms with E-state index in [1.165, 1.54) is 54.9 Å². The number of hydrogen-bond donors (Lipinski definition) is 2. The third-order valence-corrected chi connectivity index (χ3v) is 6.91. The zero-order valence-corrected chi connectivity index (χ0v) is 27.2. The van der Waals surface area contributed by atoms with E-state index in [4.69, 9.17) is 23.6 Å². The van der Waals surface area contributed by atoms with E-state index >= 15 is 0 Å². The van der Waals surface area contributed by atoms with E-state index < -0.39 is 34.9 Å². The Hall–Kier alpha value is -7.19. The van der Waals surface area contributed by atoms with Crippen LogP contribution in [0.5, 0.6) is 0 Å². The standard InChI is InChI=1S/C21H17FN4O3.C16H9FN4O/c1-21(2,3)29-20(28)25-13-6-7-14(15(22)10-13)19(27)12-5-8-16-17(9-12)26-18(23-4)11-24-16;1-19-15-8-20-13-5-2-9(6-14(13)21-15)16(22)11-4-3-10(18)7-12(11)17/h5-11H,1-3H3,(H,25,28);2-8H,18H2. The van der Waals surface area contributed by atoms with Crippen LogP contribution in [-0.2, 0) is 4.74 Å².